The van der Waals surface area contributed by atoms with Gasteiger partial charge < -0.3 is 21.7 Å². The topological polar surface area (TPSA) is 109 Å². The van der Waals surface area contributed by atoms with Crippen LogP contribution in [0.25, 0.3) is 0 Å². The number of nitrogens with zero attached hydrogens (tertiary/aromatic N) is 1. The Labute approximate surface area is 149 Å². The summed E-state index contributed by atoms with van der Waals surface area (Å²) < 4.78 is 0. The third-order valence-electron chi connectivity index (χ3n) is 3.65. The zero-order valence-electron chi connectivity index (χ0n) is 15.1. The lowest BCUT2D eigenvalue weighted by atomic mass is 10.1. The van der Waals surface area contributed by atoms with Crippen LogP contribution in [-0.2, 0) is 11.3 Å². The molecule has 1 aromatic carbocycles. The molecule has 7 heteroatoms. The van der Waals surface area contributed by atoms with Gasteiger partial charge in [0.1, 0.15) is 0 Å². The third kappa shape index (κ3) is 8.74. The van der Waals surface area contributed by atoms with Gasteiger partial charge in [0.05, 0.1) is 6.54 Å². The number of nitrogens with two attached hydrogens (primary N) is 1. The summed E-state index contributed by atoms with van der Waals surface area (Å²) in [4.78, 5) is 26.7. The quantitative estimate of drug-likeness (QED) is 0.289. The molecule has 0 radical (unpaired) electrons. The molecule has 0 atom stereocenters. The van der Waals surface area contributed by atoms with Crippen LogP contribution in [0.1, 0.15) is 48.5 Å². The lowest BCUT2D eigenvalue weighted by molar-refractivity contribution is -0.117. The van der Waals surface area contributed by atoms with Gasteiger partial charge in [-0.2, -0.15) is 0 Å². The fourth-order valence-electron chi connectivity index (χ4n) is 2.21. The summed E-state index contributed by atoms with van der Waals surface area (Å²) in [6.07, 6.45) is 4.83. The van der Waals surface area contributed by atoms with E-state index in [9.17, 15) is 9.59 Å². The first kappa shape index (κ1) is 20.5. The van der Waals surface area contributed by atoms with Gasteiger partial charge in [-0.1, -0.05) is 38.3 Å². The van der Waals surface area contributed by atoms with Crippen molar-refractivity contribution in [3.8, 4) is 0 Å². The Morgan fingerprint density at radius 1 is 1.04 bits per heavy atom. The molecule has 0 aromatic heterocycles. The molecule has 0 spiro atoms. The number of rotatable bonds is 10. The summed E-state index contributed by atoms with van der Waals surface area (Å²) in [7, 11) is 1.74. The molecule has 0 fully saturated rings. The number of carbonyl (C=O) groups excluding carboxylic acids is 2. The predicted octanol–water partition coefficient (Wildman–Crippen LogP) is 1.15. The first-order valence-corrected chi connectivity index (χ1v) is 8.66. The van der Waals surface area contributed by atoms with Crippen molar-refractivity contribution in [1.29, 1.82) is 0 Å². The summed E-state index contributed by atoms with van der Waals surface area (Å²) in [5, 5.41) is 8.99. The average Bonchev–Trinajstić information content (AvgIpc) is 2.62. The molecular weight excluding hydrogens is 318 g/mol. The smallest absolute Gasteiger partial charge is 0.251 e. The molecule has 0 bridgehead atoms. The number of unbranched alkanes of at least 4 members (excludes halogenated alkanes) is 3. The number of hydrogen-bond donors (Lipinski definition) is 4. The van der Waals surface area contributed by atoms with Gasteiger partial charge in [0, 0.05) is 25.7 Å². The van der Waals surface area contributed by atoms with Crippen molar-refractivity contribution in [3.63, 3.8) is 0 Å². The second kappa shape index (κ2) is 11.9. The number of carbonyl (C=O) groups is 2. The Hall–Kier alpha value is -2.57. The molecule has 1 rings (SSSR count). The maximum atomic E-state index is 11.8. The molecule has 0 heterocycles. The minimum absolute atomic E-state index is 0.164. The van der Waals surface area contributed by atoms with Crippen molar-refractivity contribution in [2.75, 3.05) is 20.1 Å². The lowest BCUT2D eigenvalue weighted by Crippen LogP contribution is -2.37. The molecular formula is C18H29N5O2. The summed E-state index contributed by atoms with van der Waals surface area (Å²) >= 11 is 0. The van der Waals surface area contributed by atoms with Crippen molar-refractivity contribution >= 4 is 17.8 Å². The Morgan fingerprint density at radius 3 is 2.36 bits per heavy atom. The predicted molar refractivity (Wildman–Crippen MR) is 100 cm³/mol. The summed E-state index contributed by atoms with van der Waals surface area (Å²) in [6.45, 7) is 3.54. The minimum atomic E-state index is -0.567. The van der Waals surface area contributed by atoms with E-state index in [0.29, 0.717) is 12.1 Å². The van der Waals surface area contributed by atoms with Crippen molar-refractivity contribution in [2.45, 2.75) is 39.2 Å². The number of nitrogens with one attached hydrogen (secondary N) is 3. The van der Waals surface area contributed by atoms with E-state index >= 15 is 0 Å². The van der Waals surface area contributed by atoms with Crippen molar-refractivity contribution in [2.24, 2.45) is 10.7 Å². The second-order valence-corrected chi connectivity index (χ2v) is 5.76. The van der Waals surface area contributed by atoms with Gasteiger partial charge in [0.2, 0.25) is 5.91 Å². The molecule has 0 saturated carbocycles. The number of aliphatic imine (C=N–C) groups is 1. The summed E-state index contributed by atoms with van der Waals surface area (Å²) in [5.74, 6) is -0.120. The zero-order valence-corrected chi connectivity index (χ0v) is 15.1. The van der Waals surface area contributed by atoms with Gasteiger partial charge in [0.15, 0.2) is 5.96 Å². The van der Waals surface area contributed by atoms with Crippen LogP contribution < -0.4 is 21.7 Å². The van der Waals surface area contributed by atoms with E-state index in [-0.39, 0.29) is 12.5 Å². The van der Waals surface area contributed by atoms with Crippen LogP contribution in [0.15, 0.2) is 29.3 Å². The standard InChI is InChI=1S/C18H29N5O2/c1-3-4-5-6-11-21-18(20-2)23-12-14-7-9-15(10-8-14)17(25)22-13-16(19)24/h7-10H,3-6,11-13H2,1-2H3,(H2,19,24)(H,22,25)(H2,20,21,23). The van der Waals surface area contributed by atoms with Gasteiger partial charge in [-0.05, 0) is 24.1 Å². The number of amides is 2. The van der Waals surface area contributed by atoms with Gasteiger partial charge >= 0.3 is 0 Å². The molecule has 25 heavy (non-hydrogen) atoms. The largest absolute Gasteiger partial charge is 0.368 e. The number of primary amides is 1. The van der Waals surface area contributed by atoms with E-state index in [0.717, 1.165) is 24.5 Å². The Morgan fingerprint density at radius 2 is 1.76 bits per heavy atom. The van der Waals surface area contributed by atoms with E-state index in [1.165, 1.54) is 19.3 Å². The van der Waals surface area contributed by atoms with E-state index in [2.05, 4.69) is 27.9 Å². The van der Waals surface area contributed by atoms with Crippen molar-refractivity contribution in [3.05, 3.63) is 35.4 Å². The first-order chi connectivity index (χ1) is 12.1. The highest BCUT2D eigenvalue weighted by atomic mass is 16.2. The number of hydrogen-bond acceptors (Lipinski definition) is 3. The highest BCUT2D eigenvalue weighted by molar-refractivity contribution is 5.96. The Kier molecular flexibility index (Phi) is 9.74. The van der Waals surface area contributed by atoms with Crippen LogP contribution in [0.3, 0.4) is 0 Å². The van der Waals surface area contributed by atoms with E-state index in [1.807, 2.05) is 12.1 Å². The number of guanidine groups is 1. The van der Waals surface area contributed by atoms with Crippen LogP contribution in [0.4, 0.5) is 0 Å². The maximum Gasteiger partial charge on any atom is 0.251 e. The maximum absolute atomic E-state index is 11.8. The monoisotopic (exact) mass is 347 g/mol. The third-order valence-corrected chi connectivity index (χ3v) is 3.65. The molecule has 7 nitrogen and oxygen atoms in total. The van der Waals surface area contributed by atoms with E-state index in [1.54, 1.807) is 19.2 Å². The molecule has 0 saturated heterocycles. The van der Waals surface area contributed by atoms with Crippen LogP contribution in [-0.4, -0.2) is 37.9 Å². The SMILES string of the molecule is CCCCCCNC(=NC)NCc1ccc(C(=O)NCC(N)=O)cc1. The molecule has 5 N–H and O–H groups in total. The minimum Gasteiger partial charge on any atom is -0.368 e. The fourth-order valence-corrected chi connectivity index (χ4v) is 2.21. The highest BCUT2D eigenvalue weighted by Gasteiger charge is 2.06. The van der Waals surface area contributed by atoms with Gasteiger partial charge in [0.25, 0.3) is 5.91 Å². The molecule has 0 unspecified atom stereocenters. The van der Waals surface area contributed by atoms with Crippen LogP contribution in [0.2, 0.25) is 0 Å². The van der Waals surface area contributed by atoms with Crippen LogP contribution in [0, 0.1) is 0 Å². The van der Waals surface area contributed by atoms with Crippen molar-refractivity contribution in [1.82, 2.24) is 16.0 Å². The zero-order chi connectivity index (χ0) is 18.5. The molecule has 0 aliphatic rings. The van der Waals surface area contributed by atoms with Crippen molar-refractivity contribution < 1.29 is 9.59 Å². The second-order valence-electron chi connectivity index (χ2n) is 5.76. The van der Waals surface area contributed by atoms with Gasteiger partial charge in [-0.3, -0.25) is 14.6 Å². The van der Waals surface area contributed by atoms with Crippen LogP contribution >= 0.6 is 0 Å². The molecule has 0 aliphatic carbocycles. The number of benzene rings is 1. The first-order valence-electron chi connectivity index (χ1n) is 8.66. The fraction of sp³-hybridized carbons (Fsp3) is 0.500. The van der Waals surface area contributed by atoms with Gasteiger partial charge in [-0.25, -0.2) is 0 Å². The van der Waals surface area contributed by atoms with E-state index < -0.39 is 5.91 Å². The molecule has 138 valence electrons. The summed E-state index contributed by atoms with van der Waals surface area (Å²) in [6, 6.07) is 7.16. The highest BCUT2D eigenvalue weighted by Crippen LogP contribution is 2.04. The van der Waals surface area contributed by atoms with Crippen LogP contribution in [0.5, 0.6) is 0 Å². The van der Waals surface area contributed by atoms with E-state index in [4.69, 9.17) is 5.73 Å². The Balaban J connectivity index is 2.38. The Bertz CT molecular complexity index is 569. The molecule has 0 aliphatic heterocycles. The van der Waals surface area contributed by atoms with Gasteiger partial charge in [-0.15, -0.1) is 0 Å². The lowest BCUT2D eigenvalue weighted by Gasteiger charge is -2.12. The molecule has 2 amide bonds. The normalized spacial score (nSPS) is 11.0. The molecule has 1 aromatic rings. The average molecular weight is 347 g/mol. The summed E-state index contributed by atoms with van der Waals surface area (Å²) in [5.41, 5.74) is 6.52.